The van der Waals surface area contributed by atoms with Crippen molar-refractivity contribution in [2.75, 3.05) is 13.7 Å². The molecule has 0 aromatic rings. The minimum Gasteiger partial charge on any atom is -0.381 e. The van der Waals surface area contributed by atoms with Gasteiger partial charge in [0.15, 0.2) is 0 Å². The van der Waals surface area contributed by atoms with Crippen LogP contribution in [0, 0.1) is 17.3 Å². The summed E-state index contributed by atoms with van der Waals surface area (Å²) < 4.78 is 6.00. The van der Waals surface area contributed by atoms with E-state index in [9.17, 15) is 0 Å². The van der Waals surface area contributed by atoms with Gasteiger partial charge in [0.25, 0.3) is 0 Å². The Morgan fingerprint density at radius 3 is 2.71 bits per heavy atom. The molecule has 3 heterocycles. The molecule has 0 aromatic carbocycles. The Labute approximate surface area is 187 Å². The molecule has 3 aliphatic heterocycles. The maximum atomic E-state index is 6.61. The monoisotopic (exact) mass is 425 g/mol. The molecule has 1 saturated heterocycles. The lowest BCUT2D eigenvalue weighted by Crippen LogP contribution is -2.53. The maximum absolute atomic E-state index is 6.61. The van der Waals surface area contributed by atoms with Gasteiger partial charge in [0.1, 0.15) is 12.0 Å². The third kappa shape index (κ3) is 3.96. The van der Waals surface area contributed by atoms with E-state index in [0.717, 1.165) is 30.9 Å². The van der Waals surface area contributed by atoms with Crippen molar-refractivity contribution >= 4 is 5.84 Å². The summed E-state index contributed by atoms with van der Waals surface area (Å²) >= 11 is 0. The van der Waals surface area contributed by atoms with Gasteiger partial charge in [0.05, 0.1) is 12.1 Å². The Hall–Kier alpha value is -2.05. The quantitative estimate of drug-likeness (QED) is 0.645. The zero-order valence-electron chi connectivity index (χ0n) is 19.9. The zero-order valence-corrected chi connectivity index (χ0v) is 19.9. The average molecular weight is 426 g/mol. The van der Waals surface area contributed by atoms with E-state index in [2.05, 4.69) is 75.0 Å². The van der Waals surface area contributed by atoms with Crippen molar-refractivity contribution in [3.05, 3.63) is 47.5 Å². The molecule has 4 N–H and O–H groups in total. The SMILES string of the molecule is C=C1C=CCCN1C(C1=C2C(=NC(C)N1)NC1=CC(C(C)(C)C)C(OC)CC12)C(C)N. The van der Waals surface area contributed by atoms with Gasteiger partial charge < -0.3 is 26.0 Å². The fourth-order valence-electron chi connectivity index (χ4n) is 5.63. The first-order chi connectivity index (χ1) is 14.6. The molecule has 6 atom stereocenters. The molecule has 6 nitrogen and oxygen atoms in total. The highest BCUT2D eigenvalue weighted by Gasteiger charge is 2.46. The van der Waals surface area contributed by atoms with Crippen molar-refractivity contribution in [1.29, 1.82) is 0 Å². The Bertz CT molecular complexity index is 860. The number of nitrogens with one attached hydrogen (secondary N) is 2. The fourth-order valence-corrected chi connectivity index (χ4v) is 5.63. The Morgan fingerprint density at radius 1 is 1.35 bits per heavy atom. The Morgan fingerprint density at radius 2 is 2.10 bits per heavy atom. The third-order valence-corrected chi connectivity index (χ3v) is 7.09. The molecule has 0 bridgehead atoms. The van der Waals surface area contributed by atoms with Crippen molar-refractivity contribution in [2.24, 2.45) is 28.0 Å². The van der Waals surface area contributed by atoms with Crippen LogP contribution < -0.4 is 16.4 Å². The lowest BCUT2D eigenvalue weighted by Gasteiger charge is -2.43. The summed E-state index contributed by atoms with van der Waals surface area (Å²) in [5.74, 6) is 1.58. The Kier molecular flexibility index (Phi) is 5.81. The minimum absolute atomic E-state index is 0.00603. The molecule has 0 spiro atoms. The molecule has 4 rings (SSSR count). The van der Waals surface area contributed by atoms with Gasteiger partial charge in [-0.05, 0) is 38.2 Å². The minimum atomic E-state index is -0.0537. The van der Waals surface area contributed by atoms with Crippen LogP contribution in [0.2, 0.25) is 0 Å². The van der Waals surface area contributed by atoms with Gasteiger partial charge in [-0.25, -0.2) is 4.99 Å². The summed E-state index contributed by atoms with van der Waals surface area (Å²) in [5.41, 5.74) is 11.5. The number of methoxy groups -OCH3 is 1. The molecule has 0 saturated carbocycles. The smallest absolute Gasteiger partial charge is 0.133 e. The molecule has 6 unspecified atom stereocenters. The second-order valence-electron chi connectivity index (χ2n) is 10.5. The molecular weight excluding hydrogens is 386 g/mol. The van der Waals surface area contributed by atoms with E-state index >= 15 is 0 Å². The summed E-state index contributed by atoms with van der Waals surface area (Å²) in [7, 11) is 1.84. The van der Waals surface area contributed by atoms with Gasteiger partial charge in [-0.1, -0.05) is 39.5 Å². The maximum Gasteiger partial charge on any atom is 0.133 e. The van der Waals surface area contributed by atoms with Gasteiger partial charge in [-0.15, -0.1) is 0 Å². The summed E-state index contributed by atoms with van der Waals surface area (Å²) in [6, 6.07) is -0.0233. The predicted molar refractivity (Wildman–Crippen MR) is 127 cm³/mol. The van der Waals surface area contributed by atoms with Crippen molar-refractivity contribution in [1.82, 2.24) is 15.5 Å². The highest BCUT2D eigenvalue weighted by atomic mass is 16.5. The number of nitrogens with two attached hydrogens (primary N) is 1. The molecule has 0 amide bonds. The zero-order chi connectivity index (χ0) is 22.5. The van der Waals surface area contributed by atoms with Crippen LogP contribution in [0.15, 0.2) is 52.5 Å². The number of rotatable bonds is 4. The van der Waals surface area contributed by atoms with Crippen LogP contribution in [0.3, 0.4) is 0 Å². The van der Waals surface area contributed by atoms with Gasteiger partial charge in [0, 0.05) is 54.2 Å². The van der Waals surface area contributed by atoms with Crippen LogP contribution in [0.5, 0.6) is 0 Å². The second-order valence-corrected chi connectivity index (χ2v) is 10.5. The number of hydrogen-bond acceptors (Lipinski definition) is 6. The van der Waals surface area contributed by atoms with E-state index < -0.39 is 0 Å². The molecule has 1 aliphatic carbocycles. The number of amidine groups is 1. The lowest BCUT2D eigenvalue weighted by molar-refractivity contribution is 0.00993. The molecule has 31 heavy (non-hydrogen) atoms. The number of nitrogens with zero attached hydrogens (tertiary/aromatic N) is 2. The van der Waals surface area contributed by atoms with Crippen LogP contribution in [-0.2, 0) is 4.74 Å². The molecule has 0 radical (unpaired) electrons. The number of hydrogen-bond donors (Lipinski definition) is 3. The predicted octanol–water partition coefficient (Wildman–Crippen LogP) is 3.26. The Balaban J connectivity index is 1.81. The molecule has 4 aliphatic rings. The van der Waals surface area contributed by atoms with E-state index in [0.29, 0.717) is 5.92 Å². The van der Waals surface area contributed by atoms with Crippen molar-refractivity contribution < 1.29 is 4.74 Å². The van der Waals surface area contributed by atoms with E-state index in [1.807, 2.05) is 7.11 Å². The van der Waals surface area contributed by atoms with Gasteiger partial charge in [-0.3, -0.25) is 0 Å². The average Bonchev–Trinajstić information content (AvgIpc) is 3.04. The lowest BCUT2D eigenvalue weighted by atomic mass is 9.70. The number of fused-ring (bicyclic) bond motifs is 3. The van der Waals surface area contributed by atoms with Crippen LogP contribution in [0.25, 0.3) is 0 Å². The topological polar surface area (TPSA) is 74.9 Å². The van der Waals surface area contributed by atoms with Crippen LogP contribution in [0.4, 0.5) is 0 Å². The highest BCUT2D eigenvalue weighted by Crippen LogP contribution is 2.46. The number of aliphatic imine (C=N–C) groups is 1. The molecule has 170 valence electrons. The van der Waals surface area contributed by atoms with Crippen molar-refractivity contribution in [3.8, 4) is 0 Å². The first-order valence-electron chi connectivity index (χ1n) is 11.6. The number of ether oxygens (including phenoxy) is 1. The van der Waals surface area contributed by atoms with E-state index in [4.69, 9.17) is 15.5 Å². The molecule has 0 aromatic heterocycles. The largest absolute Gasteiger partial charge is 0.381 e. The molecule has 1 fully saturated rings. The van der Waals surface area contributed by atoms with Crippen LogP contribution in [0.1, 0.15) is 47.5 Å². The standard InChI is InChI=1S/C25H39N5O/c1-14-10-8-9-11-30(14)23(15(2)26)22-21-17-12-20(31-7)18(25(4,5)6)13-19(17)29-24(21)28-16(3)27-22/h8,10,13,15-18,20,23,27H,1,9,11-12,26H2,2-7H3,(H,28,29). The van der Waals surface area contributed by atoms with Crippen LogP contribution >= 0.6 is 0 Å². The van der Waals surface area contributed by atoms with Crippen molar-refractivity contribution in [2.45, 2.75) is 71.8 Å². The normalized spacial score (nSPS) is 32.5. The van der Waals surface area contributed by atoms with E-state index in [1.54, 1.807) is 0 Å². The first-order valence-corrected chi connectivity index (χ1v) is 11.6. The molecular formula is C25H39N5O. The van der Waals surface area contributed by atoms with Crippen molar-refractivity contribution in [3.63, 3.8) is 0 Å². The number of allylic oxidation sites excluding steroid dienone is 2. The first kappa shape index (κ1) is 22.2. The van der Waals surface area contributed by atoms with Crippen LogP contribution in [-0.4, -0.2) is 48.7 Å². The van der Waals surface area contributed by atoms with E-state index in [-0.39, 0.29) is 35.7 Å². The molecule has 6 heteroatoms. The highest BCUT2D eigenvalue weighted by molar-refractivity contribution is 6.05. The summed E-state index contributed by atoms with van der Waals surface area (Å²) in [6.45, 7) is 16.3. The summed E-state index contributed by atoms with van der Waals surface area (Å²) in [4.78, 5) is 7.27. The summed E-state index contributed by atoms with van der Waals surface area (Å²) in [6.07, 6.45) is 8.80. The second kappa shape index (κ2) is 8.14. The van der Waals surface area contributed by atoms with Gasteiger partial charge in [-0.2, -0.15) is 0 Å². The van der Waals surface area contributed by atoms with Gasteiger partial charge >= 0.3 is 0 Å². The summed E-state index contributed by atoms with van der Waals surface area (Å²) in [5, 5.41) is 7.36. The fraction of sp³-hybridized carbons (Fsp3) is 0.640. The van der Waals surface area contributed by atoms with E-state index in [1.165, 1.54) is 17.0 Å². The third-order valence-electron chi connectivity index (χ3n) is 7.09. The van der Waals surface area contributed by atoms with Gasteiger partial charge in [0.2, 0.25) is 0 Å².